The Kier molecular flexibility index (Phi) is 5.88. The van der Waals surface area contributed by atoms with Crippen molar-refractivity contribution in [3.63, 3.8) is 0 Å². The molecule has 8 nitrogen and oxygen atoms in total. The lowest BCUT2D eigenvalue weighted by molar-refractivity contribution is -0.126. The smallest absolute Gasteiger partial charge is 0.277 e. The molecule has 36 heavy (non-hydrogen) atoms. The van der Waals surface area contributed by atoms with E-state index in [1.54, 1.807) is 48.1 Å². The molecule has 0 radical (unpaired) electrons. The second-order valence-corrected chi connectivity index (χ2v) is 9.28. The molecule has 2 amide bonds. The van der Waals surface area contributed by atoms with E-state index in [0.29, 0.717) is 29.4 Å². The fourth-order valence-corrected chi connectivity index (χ4v) is 4.68. The first kappa shape index (κ1) is 23.4. The number of hydrogen-bond donors (Lipinski definition) is 1. The Bertz CT molecular complexity index is 1420. The van der Waals surface area contributed by atoms with Gasteiger partial charge in [-0.3, -0.25) is 19.2 Å². The number of amides is 2. The van der Waals surface area contributed by atoms with E-state index in [-0.39, 0.29) is 18.4 Å². The lowest BCUT2D eigenvalue weighted by Crippen LogP contribution is -2.64. The maximum Gasteiger partial charge on any atom is 0.277 e. The van der Waals surface area contributed by atoms with Crippen molar-refractivity contribution in [3.05, 3.63) is 89.3 Å². The number of anilines is 1. The molecular weight excluding hydrogens is 456 g/mol. The van der Waals surface area contributed by atoms with Gasteiger partial charge in [0.1, 0.15) is 22.7 Å². The molecule has 0 fully saturated rings. The zero-order valence-corrected chi connectivity index (χ0v) is 20.7. The molecule has 2 aromatic carbocycles. The minimum Gasteiger partial charge on any atom is -0.497 e. The summed E-state index contributed by atoms with van der Waals surface area (Å²) in [7, 11) is 1.61. The highest BCUT2D eigenvalue weighted by Gasteiger charge is 2.49. The van der Waals surface area contributed by atoms with E-state index >= 15 is 0 Å². The van der Waals surface area contributed by atoms with E-state index in [2.05, 4.69) is 10.4 Å². The fraction of sp³-hybridized carbons (Fsp3) is 0.250. The van der Waals surface area contributed by atoms with Crippen LogP contribution in [0.4, 0.5) is 5.69 Å². The Balaban J connectivity index is 1.52. The summed E-state index contributed by atoms with van der Waals surface area (Å²) in [5.74, 6) is 0.746. The number of benzene rings is 2. The van der Waals surface area contributed by atoms with Gasteiger partial charge in [-0.1, -0.05) is 29.8 Å². The summed E-state index contributed by atoms with van der Waals surface area (Å²) in [6, 6.07) is 18.6. The number of fused-ring (bicyclic) bond motifs is 1. The number of aryl methyl sites for hydroxylation is 2. The molecular formula is C28H28N4O4. The molecule has 1 aliphatic heterocycles. The van der Waals surface area contributed by atoms with Gasteiger partial charge in [0.25, 0.3) is 5.91 Å². The molecule has 0 bridgehead atoms. The van der Waals surface area contributed by atoms with Crippen molar-refractivity contribution in [3.8, 4) is 17.2 Å². The lowest BCUT2D eigenvalue weighted by Gasteiger charge is -2.43. The van der Waals surface area contributed by atoms with Gasteiger partial charge in [-0.25, -0.2) is 0 Å². The van der Waals surface area contributed by atoms with Crippen LogP contribution >= 0.6 is 0 Å². The average Bonchev–Trinajstić information content (AvgIpc) is 3.54. The van der Waals surface area contributed by atoms with Crippen molar-refractivity contribution >= 4 is 17.5 Å². The van der Waals surface area contributed by atoms with Crippen LogP contribution < -0.4 is 15.0 Å². The van der Waals surface area contributed by atoms with Crippen LogP contribution in [-0.4, -0.2) is 34.2 Å². The second kappa shape index (κ2) is 9.03. The number of methoxy groups -OCH3 is 1. The van der Waals surface area contributed by atoms with Gasteiger partial charge in [0.05, 0.1) is 19.9 Å². The Hall–Kier alpha value is -4.33. The molecule has 1 N–H and O–H groups in total. The minimum atomic E-state index is -1.22. The highest BCUT2D eigenvalue weighted by molar-refractivity contribution is 6.12. The molecule has 1 unspecified atom stereocenters. The van der Waals surface area contributed by atoms with E-state index < -0.39 is 5.54 Å². The number of hydrogen-bond acceptors (Lipinski definition) is 5. The number of carbonyl (C=O) groups is 2. The third-order valence-corrected chi connectivity index (χ3v) is 6.62. The van der Waals surface area contributed by atoms with Crippen LogP contribution in [0.5, 0.6) is 5.75 Å². The van der Waals surface area contributed by atoms with Crippen LogP contribution in [0.1, 0.15) is 34.1 Å². The predicted molar refractivity (Wildman–Crippen MR) is 136 cm³/mol. The molecule has 1 atom stereocenters. The Morgan fingerprint density at radius 3 is 2.58 bits per heavy atom. The Morgan fingerprint density at radius 1 is 1.14 bits per heavy atom. The topological polar surface area (TPSA) is 89.6 Å². The second-order valence-electron chi connectivity index (χ2n) is 9.28. The number of aromatic nitrogens is 2. The zero-order chi connectivity index (χ0) is 25.4. The highest BCUT2D eigenvalue weighted by atomic mass is 16.5. The monoisotopic (exact) mass is 484 g/mol. The van der Waals surface area contributed by atoms with Gasteiger partial charge in [0.15, 0.2) is 5.76 Å². The number of furan rings is 1. The van der Waals surface area contributed by atoms with Crippen molar-refractivity contribution < 1.29 is 18.7 Å². The summed E-state index contributed by atoms with van der Waals surface area (Å²) in [5, 5.41) is 7.63. The number of carbonyl (C=O) groups excluding carboxylic acids is 2. The lowest BCUT2D eigenvalue weighted by atomic mass is 9.92. The normalized spacial score (nSPS) is 17.1. The summed E-state index contributed by atoms with van der Waals surface area (Å²) in [5.41, 5.74) is 3.35. The molecule has 184 valence electrons. The van der Waals surface area contributed by atoms with Crippen molar-refractivity contribution in [2.45, 2.75) is 39.4 Å². The van der Waals surface area contributed by atoms with Crippen LogP contribution in [0.15, 0.2) is 71.3 Å². The molecule has 0 spiro atoms. The molecule has 4 aromatic rings. The van der Waals surface area contributed by atoms with Crippen LogP contribution in [-0.2, 0) is 17.9 Å². The summed E-state index contributed by atoms with van der Waals surface area (Å²) in [4.78, 5) is 29.3. The average molecular weight is 485 g/mol. The van der Waals surface area contributed by atoms with E-state index in [4.69, 9.17) is 9.15 Å². The summed E-state index contributed by atoms with van der Waals surface area (Å²) in [6.07, 6.45) is 1.56. The van der Waals surface area contributed by atoms with Crippen LogP contribution in [0.25, 0.3) is 11.5 Å². The fourth-order valence-electron chi connectivity index (χ4n) is 4.68. The van der Waals surface area contributed by atoms with Gasteiger partial charge in [0.2, 0.25) is 5.91 Å². The third kappa shape index (κ3) is 4.04. The van der Waals surface area contributed by atoms with Gasteiger partial charge >= 0.3 is 0 Å². The number of ether oxygens (including phenoxy) is 1. The molecule has 1 aliphatic rings. The van der Waals surface area contributed by atoms with Crippen molar-refractivity contribution in [2.75, 3.05) is 12.0 Å². The quantitative estimate of drug-likeness (QED) is 0.435. The maximum atomic E-state index is 13.9. The SMILES string of the molecule is COc1ccc(CNC(=O)C2(C)Cn3nc(-c4ccco4)cc3C(=O)N2c2ccc(C)cc2C)cc1. The van der Waals surface area contributed by atoms with Gasteiger partial charge in [-0.2, -0.15) is 5.10 Å². The molecule has 0 saturated heterocycles. The molecule has 2 aromatic heterocycles. The van der Waals surface area contributed by atoms with E-state index in [0.717, 1.165) is 22.4 Å². The number of nitrogens with zero attached hydrogens (tertiary/aromatic N) is 3. The molecule has 8 heteroatoms. The Morgan fingerprint density at radius 2 is 1.92 bits per heavy atom. The van der Waals surface area contributed by atoms with Gasteiger partial charge < -0.3 is 14.5 Å². The molecule has 0 aliphatic carbocycles. The van der Waals surface area contributed by atoms with Gasteiger partial charge in [-0.05, 0) is 62.2 Å². The highest BCUT2D eigenvalue weighted by Crippen LogP contribution is 2.36. The molecule has 0 saturated carbocycles. The standard InChI is InChI=1S/C28H28N4O4/c1-18-7-12-23(19(2)14-18)32-26(33)24-15-22(25-6-5-13-36-25)30-31(24)17-28(32,3)27(34)29-16-20-8-10-21(35-4)11-9-20/h5-15H,16-17H2,1-4H3,(H,29,34). The first-order valence-corrected chi connectivity index (χ1v) is 11.7. The predicted octanol–water partition coefficient (Wildman–Crippen LogP) is 4.50. The largest absolute Gasteiger partial charge is 0.497 e. The van der Waals surface area contributed by atoms with E-state index in [1.807, 2.05) is 56.3 Å². The zero-order valence-electron chi connectivity index (χ0n) is 20.7. The van der Waals surface area contributed by atoms with Crippen LogP contribution in [0, 0.1) is 13.8 Å². The van der Waals surface area contributed by atoms with Crippen molar-refractivity contribution in [2.24, 2.45) is 0 Å². The molecule has 3 heterocycles. The van der Waals surface area contributed by atoms with Crippen molar-refractivity contribution in [1.29, 1.82) is 0 Å². The number of rotatable bonds is 6. The first-order valence-electron chi connectivity index (χ1n) is 11.7. The van der Waals surface area contributed by atoms with Gasteiger partial charge in [0, 0.05) is 18.3 Å². The number of nitrogens with one attached hydrogen (secondary N) is 1. The first-order chi connectivity index (χ1) is 17.3. The van der Waals surface area contributed by atoms with Crippen LogP contribution in [0.2, 0.25) is 0 Å². The van der Waals surface area contributed by atoms with E-state index in [1.165, 1.54) is 0 Å². The van der Waals surface area contributed by atoms with E-state index in [9.17, 15) is 9.59 Å². The summed E-state index contributed by atoms with van der Waals surface area (Å²) < 4.78 is 12.3. The minimum absolute atomic E-state index is 0.191. The summed E-state index contributed by atoms with van der Waals surface area (Å²) >= 11 is 0. The third-order valence-electron chi connectivity index (χ3n) is 6.62. The van der Waals surface area contributed by atoms with Crippen molar-refractivity contribution in [1.82, 2.24) is 15.1 Å². The summed E-state index contributed by atoms with van der Waals surface area (Å²) in [6.45, 7) is 6.24. The Labute approximate surface area is 209 Å². The van der Waals surface area contributed by atoms with Gasteiger partial charge in [-0.15, -0.1) is 0 Å². The maximum absolute atomic E-state index is 13.9. The van der Waals surface area contributed by atoms with Crippen LogP contribution in [0.3, 0.4) is 0 Å². The molecule has 5 rings (SSSR count).